The van der Waals surface area contributed by atoms with Crippen molar-refractivity contribution >= 4 is 18.7 Å². The number of epoxide rings is 1. The van der Waals surface area contributed by atoms with Crippen LogP contribution in [0, 0.1) is 12.3 Å². The van der Waals surface area contributed by atoms with E-state index in [1.807, 2.05) is 0 Å². The van der Waals surface area contributed by atoms with Crippen molar-refractivity contribution in [2.75, 3.05) is 6.61 Å². The molecule has 3 atom stereocenters. The van der Waals surface area contributed by atoms with Crippen molar-refractivity contribution in [1.82, 2.24) is 0 Å². The maximum absolute atomic E-state index is 9.51. The van der Waals surface area contributed by atoms with E-state index in [-0.39, 0.29) is 17.2 Å². The van der Waals surface area contributed by atoms with Crippen LogP contribution >= 0.6 is 0 Å². The van der Waals surface area contributed by atoms with Crippen molar-refractivity contribution in [3.05, 3.63) is 60.7 Å². The van der Waals surface area contributed by atoms with Gasteiger partial charge in [0.25, 0.3) is 8.32 Å². The Labute approximate surface area is 176 Å². The van der Waals surface area contributed by atoms with Crippen LogP contribution in [0.5, 0.6) is 0 Å². The summed E-state index contributed by atoms with van der Waals surface area (Å²) in [7, 11) is -2.50. The summed E-state index contributed by atoms with van der Waals surface area (Å²) in [6.07, 6.45) is 7.31. The molecule has 1 fully saturated rings. The average Bonchev–Trinajstić information content (AvgIpc) is 3.47. The normalized spacial score (nSPS) is 20.1. The molecule has 1 unspecified atom stereocenters. The van der Waals surface area contributed by atoms with E-state index in [1.54, 1.807) is 0 Å². The van der Waals surface area contributed by atoms with E-state index < -0.39 is 14.4 Å². The predicted molar refractivity (Wildman–Crippen MR) is 121 cm³/mol. The van der Waals surface area contributed by atoms with Gasteiger partial charge in [0.05, 0.1) is 12.7 Å². The first-order chi connectivity index (χ1) is 13.9. The van der Waals surface area contributed by atoms with Crippen molar-refractivity contribution in [3.8, 4) is 12.3 Å². The molecule has 0 saturated carbocycles. The van der Waals surface area contributed by atoms with Gasteiger partial charge in [-0.3, -0.25) is 0 Å². The van der Waals surface area contributed by atoms with Crippen molar-refractivity contribution < 1.29 is 14.3 Å². The molecule has 0 aliphatic carbocycles. The fourth-order valence-electron chi connectivity index (χ4n) is 4.14. The van der Waals surface area contributed by atoms with Crippen LogP contribution in [0.15, 0.2) is 60.7 Å². The number of terminal acetylenes is 1. The first kappa shape index (κ1) is 21.8. The molecule has 1 aliphatic rings. The second kappa shape index (κ2) is 9.28. The van der Waals surface area contributed by atoms with Gasteiger partial charge in [0.15, 0.2) is 0 Å². The van der Waals surface area contributed by atoms with E-state index in [0.717, 1.165) is 12.8 Å². The number of hydrogen-bond donors (Lipinski definition) is 1. The van der Waals surface area contributed by atoms with E-state index >= 15 is 0 Å². The van der Waals surface area contributed by atoms with Crippen molar-refractivity contribution in [3.63, 3.8) is 0 Å². The minimum Gasteiger partial charge on any atom is -0.405 e. The van der Waals surface area contributed by atoms with Crippen LogP contribution in [-0.4, -0.2) is 38.3 Å². The molecule has 0 spiro atoms. The number of hydrogen-bond acceptors (Lipinski definition) is 3. The highest BCUT2D eigenvalue weighted by molar-refractivity contribution is 6.99. The van der Waals surface area contributed by atoms with Gasteiger partial charge in [-0.25, -0.2) is 0 Å². The van der Waals surface area contributed by atoms with Gasteiger partial charge < -0.3 is 14.3 Å². The van der Waals surface area contributed by atoms with Gasteiger partial charge in [0.2, 0.25) is 0 Å². The largest absolute Gasteiger partial charge is 0.405 e. The van der Waals surface area contributed by atoms with Crippen LogP contribution in [0.2, 0.25) is 5.04 Å². The Balaban J connectivity index is 1.76. The number of aliphatic hydroxyl groups excluding tert-OH is 1. The molecule has 1 aliphatic heterocycles. The second-order valence-corrected chi connectivity index (χ2v) is 13.1. The molecule has 1 N–H and O–H groups in total. The fourth-order valence-corrected chi connectivity index (χ4v) is 8.71. The maximum atomic E-state index is 9.51. The Kier molecular flexibility index (Phi) is 6.97. The van der Waals surface area contributed by atoms with Crippen LogP contribution in [0.1, 0.15) is 40.0 Å². The van der Waals surface area contributed by atoms with Crippen molar-refractivity contribution in [1.29, 1.82) is 0 Å². The lowest BCUT2D eigenvalue weighted by Gasteiger charge is -2.43. The fraction of sp³-hybridized carbons (Fsp3) is 0.440. The lowest BCUT2D eigenvalue weighted by atomic mass is 10.1. The summed E-state index contributed by atoms with van der Waals surface area (Å²) in [5, 5.41) is 12.1. The Hall–Kier alpha value is -1.90. The molecule has 2 aromatic rings. The molecule has 0 bridgehead atoms. The van der Waals surface area contributed by atoms with Gasteiger partial charge in [-0.15, -0.1) is 6.42 Å². The molecule has 1 heterocycles. The Morgan fingerprint density at radius 3 is 2.07 bits per heavy atom. The first-order valence-corrected chi connectivity index (χ1v) is 12.3. The van der Waals surface area contributed by atoms with Crippen molar-refractivity contribution in [2.45, 2.75) is 63.4 Å². The van der Waals surface area contributed by atoms with E-state index in [1.165, 1.54) is 10.4 Å². The molecular formula is C25H32O3Si. The summed E-state index contributed by atoms with van der Waals surface area (Å²) in [5.74, 6) is 2.36. The zero-order valence-corrected chi connectivity index (χ0v) is 18.7. The molecule has 4 heteroatoms. The highest BCUT2D eigenvalue weighted by Crippen LogP contribution is 2.38. The number of ether oxygens (including phenoxy) is 1. The van der Waals surface area contributed by atoms with E-state index in [9.17, 15) is 5.11 Å². The molecule has 1 saturated heterocycles. The van der Waals surface area contributed by atoms with E-state index in [0.29, 0.717) is 13.0 Å². The highest BCUT2D eigenvalue weighted by Gasteiger charge is 2.51. The Morgan fingerprint density at radius 2 is 1.59 bits per heavy atom. The molecule has 3 nitrogen and oxygen atoms in total. The predicted octanol–water partition coefficient (Wildman–Crippen LogP) is 3.49. The van der Waals surface area contributed by atoms with Gasteiger partial charge in [0.1, 0.15) is 12.2 Å². The Morgan fingerprint density at radius 1 is 1.03 bits per heavy atom. The number of rotatable bonds is 9. The van der Waals surface area contributed by atoms with E-state index in [4.69, 9.17) is 15.6 Å². The van der Waals surface area contributed by atoms with Gasteiger partial charge in [-0.2, -0.15) is 0 Å². The quantitative estimate of drug-likeness (QED) is 0.392. The summed E-state index contributed by atoms with van der Waals surface area (Å²) in [6.45, 7) is 7.44. The number of benzene rings is 2. The molecule has 29 heavy (non-hydrogen) atoms. The smallest absolute Gasteiger partial charge is 0.261 e. The first-order valence-electron chi connectivity index (χ1n) is 10.4. The lowest BCUT2D eigenvalue weighted by Crippen LogP contribution is -2.66. The van der Waals surface area contributed by atoms with Crippen LogP contribution in [0.25, 0.3) is 0 Å². The molecule has 3 rings (SSSR count). The van der Waals surface area contributed by atoms with Gasteiger partial charge in [-0.05, 0) is 34.7 Å². The molecule has 0 amide bonds. The topological polar surface area (TPSA) is 42.0 Å². The average molecular weight is 409 g/mol. The van der Waals surface area contributed by atoms with Crippen LogP contribution < -0.4 is 10.4 Å². The Bertz CT molecular complexity index is 768. The van der Waals surface area contributed by atoms with Crippen LogP contribution in [0.4, 0.5) is 0 Å². The minimum atomic E-state index is -2.50. The maximum Gasteiger partial charge on any atom is 0.261 e. The van der Waals surface area contributed by atoms with E-state index in [2.05, 4.69) is 87.4 Å². The van der Waals surface area contributed by atoms with Gasteiger partial charge in [0, 0.05) is 0 Å². The minimum absolute atomic E-state index is 0.0308. The number of aliphatic hydroxyl groups is 1. The molecule has 0 radical (unpaired) electrons. The third-order valence-corrected chi connectivity index (χ3v) is 10.7. The van der Waals surface area contributed by atoms with Gasteiger partial charge in [-0.1, -0.05) is 87.4 Å². The van der Waals surface area contributed by atoms with Crippen molar-refractivity contribution in [2.24, 2.45) is 0 Å². The van der Waals surface area contributed by atoms with Crippen LogP contribution in [-0.2, 0) is 9.16 Å². The highest BCUT2D eigenvalue weighted by atomic mass is 28.4. The molecular weight excluding hydrogens is 376 g/mol. The summed E-state index contributed by atoms with van der Waals surface area (Å²) < 4.78 is 12.8. The van der Waals surface area contributed by atoms with Gasteiger partial charge >= 0.3 is 0 Å². The molecule has 2 aromatic carbocycles. The monoisotopic (exact) mass is 408 g/mol. The zero-order chi connectivity index (χ0) is 20.9. The summed E-state index contributed by atoms with van der Waals surface area (Å²) in [6, 6.07) is 21.3. The summed E-state index contributed by atoms with van der Waals surface area (Å²) >= 11 is 0. The SMILES string of the molecule is C#CC(O)CCC[C@@H]1O[C@H]1CO[Si](c1ccccc1)(c1ccccc1)C(C)(C)C. The molecule has 154 valence electrons. The summed E-state index contributed by atoms with van der Waals surface area (Å²) in [5.41, 5.74) is 0. The second-order valence-electron chi connectivity index (χ2n) is 8.80. The third-order valence-electron chi connectivity index (χ3n) is 5.73. The standard InChI is InChI=1S/C25H32O3Si/c1-5-20(26)13-12-18-23-24(28-23)19-27-29(25(2,3)4,21-14-8-6-9-15-21)22-16-10-7-11-17-22/h1,6-11,14-17,20,23-24,26H,12-13,18-19H2,2-4H3/t20?,23-,24-/m0/s1. The third kappa shape index (κ3) is 4.99. The summed E-state index contributed by atoms with van der Waals surface area (Å²) in [4.78, 5) is 0. The molecule has 0 aromatic heterocycles. The lowest BCUT2D eigenvalue weighted by molar-refractivity contribution is 0.215. The van der Waals surface area contributed by atoms with Crippen LogP contribution in [0.3, 0.4) is 0 Å². The zero-order valence-electron chi connectivity index (χ0n) is 17.7.